The molecular formula is C29H30N6O3. The molecule has 0 atom stereocenters. The standard InChI is InChI=1S/C29H30N6O3/c36-26-4-1-3-24-28(26)23(17-33-24)29(37)34-25-18-32-14-9-27(25)38-16-2-15-35(19-21-5-10-30-11-6-21)20-22-7-12-31-13-8-22/h5-14,17-18,33H,1-4,15-16,19-20H2,(H,34,37). The van der Waals surface area contributed by atoms with Crippen LogP contribution in [0, 0.1) is 0 Å². The number of carbonyl (C=O) groups is 2. The number of hydrogen-bond acceptors (Lipinski definition) is 7. The van der Waals surface area contributed by atoms with Gasteiger partial charge >= 0.3 is 0 Å². The zero-order valence-corrected chi connectivity index (χ0v) is 21.1. The van der Waals surface area contributed by atoms with Crippen molar-refractivity contribution in [2.45, 2.75) is 38.8 Å². The van der Waals surface area contributed by atoms with Gasteiger partial charge in [-0.2, -0.15) is 0 Å². The molecule has 0 saturated heterocycles. The summed E-state index contributed by atoms with van der Waals surface area (Å²) < 4.78 is 6.06. The highest BCUT2D eigenvalue weighted by Gasteiger charge is 2.26. The van der Waals surface area contributed by atoms with Crippen LogP contribution in [0.2, 0.25) is 0 Å². The van der Waals surface area contributed by atoms with Gasteiger partial charge in [0.05, 0.1) is 23.9 Å². The van der Waals surface area contributed by atoms with E-state index in [1.807, 2.05) is 49.1 Å². The van der Waals surface area contributed by atoms with E-state index in [0.717, 1.165) is 44.6 Å². The van der Waals surface area contributed by atoms with Crippen molar-refractivity contribution in [3.8, 4) is 5.75 Å². The zero-order chi connectivity index (χ0) is 26.2. The molecule has 9 heteroatoms. The summed E-state index contributed by atoms with van der Waals surface area (Å²) in [5.74, 6) is 0.193. The summed E-state index contributed by atoms with van der Waals surface area (Å²) in [6.45, 7) is 2.87. The number of hydrogen-bond donors (Lipinski definition) is 2. The summed E-state index contributed by atoms with van der Waals surface area (Å²) in [6, 6.07) is 9.84. The van der Waals surface area contributed by atoms with E-state index in [1.165, 1.54) is 11.1 Å². The molecule has 5 rings (SSSR count). The molecule has 0 aliphatic heterocycles. The van der Waals surface area contributed by atoms with E-state index < -0.39 is 0 Å². The Hall–Kier alpha value is -4.37. The van der Waals surface area contributed by atoms with E-state index in [0.29, 0.717) is 35.6 Å². The molecule has 194 valence electrons. The van der Waals surface area contributed by atoms with Crippen LogP contribution in [0.4, 0.5) is 5.69 Å². The van der Waals surface area contributed by atoms with Crippen molar-refractivity contribution < 1.29 is 14.3 Å². The molecule has 0 spiro atoms. The van der Waals surface area contributed by atoms with Gasteiger partial charge in [0.2, 0.25) is 0 Å². The monoisotopic (exact) mass is 510 g/mol. The molecule has 0 unspecified atom stereocenters. The van der Waals surface area contributed by atoms with Crippen LogP contribution in [0.5, 0.6) is 5.75 Å². The molecule has 9 nitrogen and oxygen atoms in total. The second-order valence-corrected chi connectivity index (χ2v) is 9.28. The number of carbonyl (C=O) groups excluding carboxylic acids is 2. The molecule has 2 N–H and O–H groups in total. The molecule has 1 aliphatic carbocycles. The normalized spacial score (nSPS) is 12.8. The predicted octanol–water partition coefficient (Wildman–Crippen LogP) is 4.44. The molecule has 4 aromatic rings. The molecule has 1 aliphatic rings. The highest BCUT2D eigenvalue weighted by Crippen LogP contribution is 2.27. The Morgan fingerprint density at radius 3 is 2.34 bits per heavy atom. The van der Waals surface area contributed by atoms with E-state index >= 15 is 0 Å². The second kappa shape index (κ2) is 12.2. The molecule has 0 fully saturated rings. The number of ketones is 1. The Kier molecular flexibility index (Phi) is 8.15. The number of aromatic amines is 1. The fraction of sp³-hybridized carbons (Fsp3) is 0.276. The molecule has 0 saturated carbocycles. The minimum atomic E-state index is -0.350. The SMILES string of the molecule is O=C(Nc1cnccc1OCCCN(Cc1ccncc1)Cc1ccncc1)c1c[nH]c2c1C(=O)CCC2. The van der Waals surface area contributed by atoms with Gasteiger partial charge in [0.15, 0.2) is 5.78 Å². The number of ether oxygens (including phenoxy) is 1. The lowest BCUT2D eigenvalue weighted by atomic mass is 9.93. The van der Waals surface area contributed by atoms with Crippen LogP contribution in [-0.4, -0.2) is 49.7 Å². The first-order valence-electron chi connectivity index (χ1n) is 12.8. The summed E-state index contributed by atoms with van der Waals surface area (Å²) in [5.41, 5.74) is 4.56. The number of Topliss-reactive ketones (excluding diaryl/α,β-unsaturated/α-hetero) is 1. The summed E-state index contributed by atoms with van der Waals surface area (Å²) >= 11 is 0. The van der Waals surface area contributed by atoms with Gasteiger partial charge in [-0.15, -0.1) is 0 Å². The Bertz CT molecular complexity index is 1330. The van der Waals surface area contributed by atoms with Crippen LogP contribution in [0.1, 0.15) is 56.8 Å². The third-order valence-electron chi connectivity index (χ3n) is 6.53. The third-order valence-corrected chi connectivity index (χ3v) is 6.53. The van der Waals surface area contributed by atoms with Crippen molar-refractivity contribution in [3.63, 3.8) is 0 Å². The van der Waals surface area contributed by atoms with Crippen molar-refractivity contribution >= 4 is 17.4 Å². The first kappa shape index (κ1) is 25.3. The fourth-order valence-electron chi connectivity index (χ4n) is 4.68. The topological polar surface area (TPSA) is 113 Å². The summed E-state index contributed by atoms with van der Waals surface area (Å²) in [7, 11) is 0. The van der Waals surface area contributed by atoms with Crippen molar-refractivity contribution in [3.05, 3.63) is 102 Å². The predicted molar refractivity (Wildman–Crippen MR) is 143 cm³/mol. The molecule has 0 radical (unpaired) electrons. The minimum Gasteiger partial charge on any atom is -0.491 e. The van der Waals surface area contributed by atoms with Gasteiger partial charge in [-0.25, -0.2) is 0 Å². The van der Waals surface area contributed by atoms with Crippen LogP contribution in [0.15, 0.2) is 73.7 Å². The van der Waals surface area contributed by atoms with Gasteiger partial charge < -0.3 is 15.0 Å². The summed E-state index contributed by atoms with van der Waals surface area (Å²) in [6.07, 6.45) is 14.9. The highest BCUT2D eigenvalue weighted by atomic mass is 16.5. The summed E-state index contributed by atoms with van der Waals surface area (Å²) in [5, 5.41) is 2.88. The zero-order valence-electron chi connectivity index (χ0n) is 21.1. The molecule has 0 bridgehead atoms. The lowest BCUT2D eigenvalue weighted by Gasteiger charge is -2.22. The van der Waals surface area contributed by atoms with Crippen molar-refractivity contribution in [1.29, 1.82) is 0 Å². The number of nitrogens with one attached hydrogen (secondary N) is 2. The average molecular weight is 511 g/mol. The smallest absolute Gasteiger partial charge is 0.258 e. The largest absolute Gasteiger partial charge is 0.491 e. The molecule has 38 heavy (non-hydrogen) atoms. The van der Waals surface area contributed by atoms with Crippen molar-refractivity contribution in [2.75, 3.05) is 18.5 Å². The molecular weight excluding hydrogens is 480 g/mol. The maximum Gasteiger partial charge on any atom is 0.258 e. The molecule has 1 amide bonds. The maximum atomic E-state index is 13.0. The van der Waals surface area contributed by atoms with E-state index in [2.05, 4.69) is 30.2 Å². The first-order valence-corrected chi connectivity index (χ1v) is 12.8. The van der Waals surface area contributed by atoms with Gasteiger partial charge in [0.1, 0.15) is 11.4 Å². The number of H-pyrrole nitrogens is 1. The Morgan fingerprint density at radius 2 is 1.63 bits per heavy atom. The Labute approximate surface area is 221 Å². The number of fused-ring (bicyclic) bond motifs is 1. The minimum absolute atomic E-state index is 0.00314. The average Bonchev–Trinajstić information content (AvgIpc) is 3.39. The number of nitrogens with zero attached hydrogens (tertiary/aromatic N) is 4. The quantitative estimate of drug-likeness (QED) is 0.287. The molecule has 4 heterocycles. The number of amides is 1. The lowest BCUT2D eigenvalue weighted by molar-refractivity contribution is 0.0956. The van der Waals surface area contributed by atoms with Gasteiger partial charge in [0, 0.05) is 75.0 Å². The van der Waals surface area contributed by atoms with Crippen molar-refractivity contribution in [1.82, 2.24) is 24.8 Å². The Balaban J connectivity index is 1.19. The van der Waals surface area contributed by atoms with Gasteiger partial charge in [-0.05, 0) is 54.7 Å². The second-order valence-electron chi connectivity index (χ2n) is 9.28. The maximum absolute atomic E-state index is 13.0. The summed E-state index contributed by atoms with van der Waals surface area (Å²) in [4.78, 5) is 43.2. The van der Waals surface area contributed by atoms with E-state index in [4.69, 9.17) is 4.74 Å². The van der Waals surface area contributed by atoms with Crippen LogP contribution >= 0.6 is 0 Å². The Morgan fingerprint density at radius 1 is 0.947 bits per heavy atom. The van der Waals surface area contributed by atoms with Crippen LogP contribution in [0.3, 0.4) is 0 Å². The van der Waals surface area contributed by atoms with Gasteiger partial charge in [-0.1, -0.05) is 0 Å². The van der Waals surface area contributed by atoms with Gasteiger partial charge in [0.25, 0.3) is 5.91 Å². The van der Waals surface area contributed by atoms with Crippen molar-refractivity contribution in [2.24, 2.45) is 0 Å². The van der Waals surface area contributed by atoms with E-state index in [9.17, 15) is 9.59 Å². The van der Waals surface area contributed by atoms with Crippen LogP contribution < -0.4 is 10.1 Å². The molecule has 0 aromatic carbocycles. The first-order chi connectivity index (χ1) is 18.7. The fourth-order valence-corrected chi connectivity index (χ4v) is 4.68. The number of aromatic nitrogens is 4. The van der Waals surface area contributed by atoms with E-state index in [-0.39, 0.29) is 11.7 Å². The third kappa shape index (κ3) is 6.30. The van der Waals surface area contributed by atoms with E-state index in [1.54, 1.807) is 24.7 Å². The highest BCUT2D eigenvalue weighted by molar-refractivity contribution is 6.13. The van der Waals surface area contributed by atoms with Crippen LogP contribution in [0.25, 0.3) is 0 Å². The number of aryl methyl sites for hydroxylation is 1. The lowest BCUT2D eigenvalue weighted by Crippen LogP contribution is -2.25. The number of anilines is 1. The number of pyridine rings is 3. The molecule has 4 aromatic heterocycles. The van der Waals surface area contributed by atoms with Gasteiger partial charge in [-0.3, -0.25) is 29.4 Å². The number of rotatable bonds is 11. The van der Waals surface area contributed by atoms with Crippen LogP contribution in [-0.2, 0) is 19.5 Å².